The van der Waals surface area contributed by atoms with Crippen molar-refractivity contribution < 1.29 is 133 Å². The minimum atomic E-state index is -1.63. The number of amides is 6. The standard InChI is InChI=1S/C53H96N8O27/c1-26-36(67)40(71)44(75)50(85-26)81-20-16-57-34(65)23-61(24-35(66)58-17-21-82-51-45(76)41(72)37(68)27(2)86-51)30(49(80)60-18-22-83-52-46(77)42(73)38(69)28(3)87-52)9-6-8-13-55-33(64)12-11-29(54)48(79)59-14-7-4-5-10-32(63)56-15-19-84-53-47(78)43(74)39(70)31(25-62)88-53/h26-31,36-47,50-53,62,67-78H,4-25,54H2,1-3H3,(H,55,64)(H,56,63)(H,57,65)(H,58,66)(H,59,79)(H,60,80)/t26-,27-,28-,29-,30-,31+,36+,37+,38+,39+,40+,41+,42+,43-,44-,45-,46-,47-,50+,51+,52+,53-/m0/s1. The van der Waals surface area contributed by atoms with Gasteiger partial charge in [0.05, 0.1) is 76.5 Å². The second-order valence-corrected chi connectivity index (χ2v) is 22.1. The van der Waals surface area contributed by atoms with Crippen LogP contribution >= 0.6 is 0 Å². The van der Waals surface area contributed by atoms with Crippen LogP contribution in [0.1, 0.15) is 78.6 Å². The monoisotopic (exact) mass is 1280 g/mol. The highest BCUT2D eigenvalue weighted by Gasteiger charge is 2.46. The Balaban J connectivity index is 1.27. The Morgan fingerprint density at radius 1 is 0.409 bits per heavy atom. The molecule has 88 heavy (non-hydrogen) atoms. The van der Waals surface area contributed by atoms with E-state index in [-0.39, 0.29) is 110 Å². The Hall–Kier alpha value is -4.10. The van der Waals surface area contributed by atoms with E-state index in [1.54, 1.807) is 0 Å². The lowest BCUT2D eigenvalue weighted by Gasteiger charge is -2.39. The lowest BCUT2D eigenvalue weighted by Crippen LogP contribution is -2.59. The summed E-state index contributed by atoms with van der Waals surface area (Å²) in [4.78, 5) is 80.4. The molecule has 4 heterocycles. The fraction of sp³-hybridized carbons (Fsp3) is 0.887. The zero-order valence-electron chi connectivity index (χ0n) is 49.8. The van der Waals surface area contributed by atoms with Crippen LogP contribution in [0.2, 0.25) is 0 Å². The van der Waals surface area contributed by atoms with Crippen LogP contribution in [0.3, 0.4) is 0 Å². The van der Waals surface area contributed by atoms with Gasteiger partial charge in [0.2, 0.25) is 35.4 Å². The van der Waals surface area contributed by atoms with Crippen LogP contribution in [-0.4, -0.2) is 327 Å². The van der Waals surface area contributed by atoms with Crippen molar-refractivity contribution in [3.63, 3.8) is 0 Å². The summed E-state index contributed by atoms with van der Waals surface area (Å²) in [6, 6.07) is -2.26. The molecule has 4 rings (SSSR count). The molecule has 0 spiro atoms. The Kier molecular flexibility index (Phi) is 34.1. The molecule has 4 aliphatic heterocycles. The van der Waals surface area contributed by atoms with Gasteiger partial charge in [0.15, 0.2) is 25.2 Å². The van der Waals surface area contributed by atoms with Gasteiger partial charge in [0.25, 0.3) is 0 Å². The molecule has 0 aliphatic carbocycles. The minimum Gasteiger partial charge on any atom is -0.394 e. The first-order chi connectivity index (χ1) is 41.8. The van der Waals surface area contributed by atoms with Crippen LogP contribution in [0.5, 0.6) is 0 Å². The number of hydrogen-bond acceptors (Lipinski definition) is 29. The molecular weight excluding hydrogens is 1180 g/mol. The third-order valence-corrected chi connectivity index (χ3v) is 15.1. The molecule has 35 heteroatoms. The van der Waals surface area contributed by atoms with Crippen molar-refractivity contribution in [1.82, 2.24) is 36.8 Å². The Bertz CT molecular complexity index is 2040. The van der Waals surface area contributed by atoms with E-state index in [2.05, 4.69) is 31.9 Å². The van der Waals surface area contributed by atoms with Gasteiger partial charge >= 0.3 is 0 Å². The summed E-state index contributed by atoms with van der Waals surface area (Å²) >= 11 is 0. The van der Waals surface area contributed by atoms with Gasteiger partial charge in [-0.2, -0.15) is 0 Å². The topological polar surface area (TPSA) is 541 Å². The number of carbonyl (C=O) groups excluding carboxylic acids is 6. The number of unbranched alkanes of at least 4 members (excludes halogenated alkanes) is 3. The van der Waals surface area contributed by atoms with E-state index in [0.717, 1.165) is 0 Å². The highest BCUT2D eigenvalue weighted by molar-refractivity contribution is 5.86. The fourth-order valence-electron chi connectivity index (χ4n) is 9.67. The molecule has 510 valence electrons. The van der Waals surface area contributed by atoms with Crippen LogP contribution in [0.4, 0.5) is 0 Å². The normalized spacial score (nSPS) is 33.2. The van der Waals surface area contributed by atoms with Crippen molar-refractivity contribution >= 4 is 35.4 Å². The van der Waals surface area contributed by atoms with Gasteiger partial charge in [-0.15, -0.1) is 0 Å². The number of carbonyl (C=O) groups is 6. The van der Waals surface area contributed by atoms with E-state index >= 15 is 0 Å². The van der Waals surface area contributed by atoms with E-state index in [9.17, 15) is 95.2 Å². The first kappa shape index (κ1) is 76.4. The first-order valence-electron chi connectivity index (χ1n) is 29.7. The summed E-state index contributed by atoms with van der Waals surface area (Å²) in [7, 11) is 0. The van der Waals surface area contributed by atoms with Crippen molar-refractivity contribution in [2.75, 3.05) is 85.4 Å². The summed E-state index contributed by atoms with van der Waals surface area (Å²) in [5.74, 6) is -3.30. The third kappa shape index (κ3) is 24.5. The predicted octanol–water partition coefficient (Wildman–Crippen LogP) is -10.5. The maximum atomic E-state index is 14.1. The average molecular weight is 1280 g/mol. The van der Waals surface area contributed by atoms with Gasteiger partial charge in [0, 0.05) is 52.1 Å². The molecule has 0 unspecified atom stereocenters. The number of aliphatic hydroxyl groups excluding tert-OH is 13. The molecule has 35 nitrogen and oxygen atoms in total. The number of nitrogens with one attached hydrogen (secondary N) is 6. The lowest BCUT2D eigenvalue weighted by atomic mass is 9.99. The largest absolute Gasteiger partial charge is 0.394 e. The van der Waals surface area contributed by atoms with Gasteiger partial charge in [-0.05, 0) is 59.3 Å². The van der Waals surface area contributed by atoms with Gasteiger partial charge in [-0.1, -0.05) is 6.42 Å². The van der Waals surface area contributed by atoms with Crippen LogP contribution in [0.15, 0.2) is 0 Å². The Morgan fingerprint density at radius 3 is 1.23 bits per heavy atom. The molecule has 0 aromatic heterocycles. The van der Waals surface area contributed by atoms with Gasteiger partial charge in [-0.3, -0.25) is 33.7 Å². The van der Waals surface area contributed by atoms with Crippen LogP contribution < -0.4 is 37.6 Å². The highest BCUT2D eigenvalue weighted by atomic mass is 16.7. The molecule has 0 bridgehead atoms. The third-order valence-electron chi connectivity index (χ3n) is 15.1. The summed E-state index contributed by atoms with van der Waals surface area (Å²) in [6.07, 6.45) is -25.5. The SMILES string of the molecule is C[C@@H]1O[C@@H](OCCNC(=O)CN(CC(=O)NCCO[C@@H]2O[C@@H](C)[C@@H](O)[C@@H](O)[C@@H]2O)[C@@H](CCCCNC(=O)CC[C@H](N)C(=O)NCCCCCC(=O)NCCO[C@H]2O[C@H](CO)[C@@H](O)[C@H](O)[C@@H]2O)C(=O)NCCO[C@@H]2O[C@@H](C)[C@@H](O)[C@@H](O)[C@@H]2O)[C@@H](O)[C@H](O)[C@@H]1O. The van der Waals surface area contributed by atoms with E-state index in [0.29, 0.717) is 19.3 Å². The summed E-state index contributed by atoms with van der Waals surface area (Å²) in [6.45, 7) is 1.56. The molecule has 4 fully saturated rings. The second kappa shape index (κ2) is 39.3. The van der Waals surface area contributed by atoms with E-state index in [4.69, 9.17) is 43.6 Å². The zero-order chi connectivity index (χ0) is 65.2. The van der Waals surface area contributed by atoms with Crippen LogP contribution in [0, 0.1) is 0 Å². The quantitative estimate of drug-likeness (QED) is 0.0255. The minimum absolute atomic E-state index is 0.000180. The molecule has 4 aliphatic rings. The number of aliphatic hydroxyl groups is 13. The summed E-state index contributed by atoms with van der Waals surface area (Å²) < 4.78 is 43.5. The first-order valence-corrected chi connectivity index (χ1v) is 29.7. The van der Waals surface area contributed by atoms with Crippen molar-refractivity contribution in [1.29, 1.82) is 0 Å². The molecule has 6 amide bonds. The number of nitrogens with two attached hydrogens (primary N) is 1. The van der Waals surface area contributed by atoms with Crippen LogP contribution in [-0.2, 0) is 66.7 Å². The maximum Gasteiger partial charge on any atom is 0.237 e. The molecule has 21 N–H and O–H groups in total. The molecular formula is C53H96N8O27. The number of hydrogen-bond donors (Lipinski definition) is 20. The fourth-order valence-corrected chi connectivity index (χ4v) is 9.67. The number of ether oxygens (including phenoxy) is 8. The molecule has 0 aromatic carbocycles. The Labute approximate surface area is 508 Å². The van der Waals surface area contributed by atoms with Gasteiger partial charge in [0.1, 0.15) is 79.4 Å². The smallest absolute Gasteiger partial charge is 0.237 e. The summed E-state index contributed by atoms with van der Waals surface area (Å²) in [5, 5.41) is 147. The van der Waals surface area contributed by atoms with Crippen LogP contribution in [0.25, 0.3) is 0 Å². The van der Waals surface area contributed by atoms with Crippen molar-refractivity contribution in [3.8, 4) is 0 Å². The van der Waals surface area contributed by atoms with Gasteiger partial charge < -0.3 is 142 Å². The zero-order valence-corrected chi connectivity index (χ0v) is 49.8. The number of nitrogens with zero attached hydrogens (tertiary/aromatic N) is 1. The van der Waals surface area contributed by atoms with E-state index < -0.39 is 184 Å². The average Bonchev–Trinajstić information content (AvgIpc) is 3.66. The van der Waals surface area contributed by atoms with E-state index in [1.165, 1.54) is 25.7 Å². The van der Waals surface area contributed by atoms with Crippen molar-refractivity contribution in [3.05, 3.63) is 0 Å². The van der Waals surface area contributed by atoms with Gasteiger partial charge in [-0.25, -0.2) is 0 Å². The highest BCUT2D eigenvalue weighted by Crippen LogP contribution is 2.25. The van der Waals surface area contributed by atoms with Crippen molar-refractivity contribution in [2.24, 2.45) is 5.73 Å². The molecule has 0 saturated carbocycles. The summed E-state index contributed by atoms with van der Waals surface area (Å²) in [5.41, 5.74) is 6.06. The second-order valence-electron chi connectivity index (χ2n) is 22.1. The van der Waals surface area contributed by atoms with Crippen molar-refractivity contribution in [2.45, 2.75) is 213 Å². The maximum absolute atomic E-state index is 14.1. The predicted molar refractivity (Wildman–Crippen MR) is 298 cm³/mol. The molecule has 0 aromatic rings. The molecule has 22 atom stereocenters. The molecule has 0 radical (unpaired) electrons. The van der Waals surface area contributed by atoms with E-state index in [1.807, 2.05) is 0 Å². The Morgan fingerprint density at radius 2 is 0.773 bits per heavy atom. The lowest BCUT2D eigenvalue weighted by molar-refractivity contribution is -0.300. The number of rotatable bonds is 38. The molecule has 4 saturated heterocycles.